The van der Waals surface area contributed by atoms with Crippen LogP contribution in [0, 0.1) is 22.7 Å². The Kier molecular flexibility index (Phi) is 6.24. The molecule has 0 saturated carbocycles. The Labute approximate surface area is 130 Å². The Hall–Kier alpha value is -1.32. The van der Waals surface area contributed by atoms with Gasteiger partial charge in [-0.1, -0.05) is 43.6 Å². The van der Waals surface area contributed by atoms with Crippen LogP contribution in [0.25, 0.3) is 0 Å². The van der Waals surface area contributed by atoms with Crippen LogP contribution in [-0.2, 0) is 6.42 Å². The molecule has 0 heterocycles. The fourth-order valence-corrected chi connectivity index (χ4v) is 3.40. The van der Waals surface area contributed by atoms with Crippen LogP contribution in [0.3, 0.4) is 0 Å². The largest absolute Gasteiger partial charge is 0.198 e. The third-order valence-corrected chi connectivity index (χ3v) is 4.69. The first kappa shape index (κ1) is 16.7. The molecule has 0 spiro atoms. The molecule has 20 heavy (non-hydrogen) atoms. The monoisotopic (exact) mass is 332 g/mol. The van der Waals surface area contributed by atoms with Gasteiger partial charge >= 0.3 is 0 Å². The van der Waals surface area contributed by atoms with E-state index in [4.69, 9.17) is 5.26 Å². The molecule has 0 aliphatic heterocycles. The predicted molar refractivity (Wildman–Crippen MR) is 85.6 cm³/mol. The Bertz CT molecular complexity index is 564. The van der Waals surface area contributed by atoms with E-state index in [2.05, 4.69) is 55.8 Å². The second-order valence-electron chi connectivity index (χ2n) is 5.29. The van der Waals surface area contributed by atoms with E-state index < -0.39 is 0 Å². The SMILES string of the molecule is CCC(C)c1c(Br)cc(CC#N)c(C(C)CC)c1C#N. The van der Waals surface area contributed by atoms with Crippen molar-refractivity contribution in [2.24, 2.45) is 0 Å². The quantitative estimate of drug-likeness (QED) is 0.723. The maximum atomic E-state index is 9.65. The zero-order valence-corrected chi connectivity index (χ0v) is 14.2. The number of nitrogens with zero attached hydrogens (tertiary/aromatic N) is 2. The van der Waals surface area contributed by atoms with Gasteiger partial charge in [0.25, 0.3) is 0 Å². The van der Waals surface area contributed by atoms with E-state index in [9.17, 15) is 5.26 Å². The van der Waals surface area contributed by atoms with E-state index in [1.54, 1.807) is 0 Å². The lowest BCUT2D eigenvalue weighted by atomic mass is 9.82. The molecule has 0 aliphatic rings. The van der Waals surface area contributed by atoms with Crippen LogP contribution in [0.15, 0.2) is 10.5 Å². The van der Waals surface area contributed by atoms with Crippen LogP contribution in [0.1, 0.15) is 74.6 Å². The topological polar surface area (TPSA) is 47.6 Å². The molecule has 1 rings (SSSR count). The molecule has 2 nitrogen and oxygen atoms in total. The van der Waals surface area contributed by atoms with Gasteiger partial charge in [-0.3, -0.25) is 0 Å². The van der Waals surface area contributed by atoms with E-state index in [1.165, 1.54) is 0 Å². The first-order chi connectivity index (χ1) is 9.51. The standard InChI is InChI=1S/C17H21BrN2/c1-5-11(3)16-13(7-8-19)9-15(18)17(12(4)6-2)14(16)10-20/h9,11-12H,5-7H2,1-4H3. The van der Waals surface area contributed by atoms with E-state index in [0.29, 0.717) is 18.3 Å². The summed E-state index contributed by atoms with van der Waals surface area (Å²) in [5.41, 5.74) is 3.91. The predicted octanol–water partition coefficient (Wildman–Crippen LogP) is 5.41. The maximum Gasteiger partial charge on any atom is 0.0998 e. The fourth-order valence-electron chi connectivity index (χ4n) is 2.54. The minimum atomic E-state index is 0.295. The maximum absolute atomic E-state index is 9.65. The molecule has 2 unspecified atom stereocenters. The lowest BCUT2D eigenvalue weighted by Crippen LogP contribution is -2.08. The molecule has 0 amide bonds. The number of hydrogen-bond donors (Lipinski definition) is 0. The lowest BCUT2D eigenvalue weighted by molar-refractivity contribution is 0.699. The molecule has 0 saturated heterocycles. The summed E-state index contributed by atoms with van der Waals surface area (Å²) < 4.78 is 0.959. The second kappa shape index (κ2) is 7.46. The van der Waals surface area contributed by atoms with Crippen molar-refractivity contribution in [3.8, 4) is 12.1 Å². The molecule has 0 bridgehead atoms. The van der Waals surface area contributed by atoms with Crippen LogP contribution >= 0.6 is 15.9 Å². The van der Waals surface area contributed by atoms with Crippen LogP contribution in [-0.4, -0.2) is 0 Å². The Morgan fingerprint density at radius 3 is 2.10 bits per heavy atom. The summed E-state index contributed by atoms with van der Waals surface area (Å²) in [7, 11) is 0. The molecule has 0 aromatic heterocycles. The molecular formula is C17H21BrN2. The highest BCUT2D eigenvalue weighted by Gasteiger charge is 2.22. The van der Waals surface area contributed by atoms with Crippen molar-refractivity contribution in [3.63, 3.8) is 0 Å². The van der Waals surface area contributed by atoms with Gasteiger partial charge in [-0.15, -0.1) is 0 Å². The molecule has 3 heteroatoms. The first-order valence-corrected chi connectivity index (χ1v) is 7.93. The van der Waals surface area contributed by atoms with E-state index >= 15 is 0 Å². The second-order valence-corrected chi connectivity index (χ2v) is 6.14. The summed E-state index contributed by atoms with van der Waals surface area (Å²) in [6.07, 6.45) is 2.31. The molecule has 106 valence electrons. The van der Waals surface area contributed by atoms with E-state index in [1.807, 2.05) is 6.07 Å². The summed E-state index contributed by atoms with van der Waals surface area (Å²) >= 11 is 3.59. The van der Waals surface area contributed by atoms with E-state index in [-0.39, 0.29) is 0 Å². The van der Waals surface area contributed by atoms with Crippen LogP contribution in [0.4, 0.5) is 0 Å². The summed E-state index contributed by atoms with van der Waals surface area (Å²) in [5.74, 6) is 0.627. The van der Waals surface area contributed by atoms with Crippen LogP contribution in [0.2, 0.25) is 0 Å². The molecule has 2 atom stereocenters. The van der Waals surface area contributed by atoms with Crippen molar-refractivity contribution in [1.82, 2.24) is 0 Å². The van der Waals surface area contributed by atoms with Crippen molar-refractivity contribution in [2.45, 2.75) is 58.8 Å². The zero-order valence-electron chi connectivity index (χ0n) is 12.6. The molecule has 1 aromatic rings. The number of halogens is 1. The Morgan fingerprint density at radius 2 is 1.65 bits per heavy atom. The molecule has 0 radical (unpaired) electrons. The molecule has 1 aromatic carbocycles. The highest BCUT2D eigenvalue weighted by molar-refractivity contribution is 9.10. The number of hydrogen-bond acceptors (Lipinski definition) is 2. The number of nitriles is 2. The molecule has 0 N–H and O–H groups in total. The van der Waals surface area contributed by atoms with Gasteiger partial charge in [-0.05, 0) is 47.4 Å². The van der Waals surface area contributed by atoms with Gasteiger partial charge in [-0.2, -0.15) is 10.5 Å². The summed E-state index contributed by atoms with van der Waals surface area (Å²) in [4.78, 5) is 0. The third kappa shape index (κ3) is 3.22. The van der Waals surface area contributed by atoms with Crippen LogP contribution in [0.5, 0.6) is 0 Å². The molecule has 0 aliphatic carbocycles. The minimum absolute atomic E-state index is 0.295. The average Bonchev–Trinajstić information content (AvgIpc) is 2.45. The van der Waals surface area contributed by atoms with Gasteiger partial charge in [0, 0.05) is 4.47 Å². The van der Waals surface area contributed by atoms with E-state index in [0.717, 1.165) is 39.6 Å². The Balaban J connectivity index is 3.67. The smallest absolute Gasteiger partial charge is 0.0998 e. The third-order valence-electron chi connectivity index (χ3n) is 4.03. The van der Waals surface area contributed by atoms with Crippen LogP contribution < -0.4 is 0 Å². The summed E-state index contributed by atoms with van der Waals surface area (Å²) in [6, 6.07) is 6.64. The van der Waals surface area contributed by atoms with Crippen molar-refractivity contribution >= 4 is 15.9 Å². The summed E-state index contributed by atoms with van der Waals surface area (Å²) in [6.45, 7) is 8.52. The molecular weight excluding hydrogens is 312 g/mol. The highest BCUT2D eigenvalue weighted by atomic mass is 79.9. The number of rotatable bonds is 5. The lowest BCUT2D eigenvalue weighted by Gasteiger charge is -2.22. The van der Waals surface area contributed by atoms with Gasteiger partial charge in [0.2, 0.25) is 0 Å². The van der Waals surface area contributed by atoms with Gasteiger partial charge in [-0.25, -0.2) is 0 Å². The normalized spacial score (nSPS) is 13.3. The van der Waals surface area contributed by atoms with Crippen molar-refractivity contribution in [2.75, 3.05) is 0 Å². The van der Waals surface area contributed by atoms with Gasteiger partial charge < -0.3 is 0 Å². The molecule has 0 fully saturated rings. The van der Waals surface area contributed by atoms with Crippen molar-refractivity contribution in [3.05, 3.63) is 32.8 Å². The fraction of sp³-hybridized carbons (Fsp3) is 0.529. The van der Waals surface area contributed by atoms with Crippen molar-refractivity contribution in [1.29, 1.82) is 10.5 Å². The number of benzene rings is 1. The first-order valence-electron chi connectivity index (χ1n) is 7.13. The van der Waals surface area contributed by atoms with Gasteiger partial charge in [0.15, 0.2) is 0 Å². The Morgan fingerprint density at radius 1 is 1.10 bits per heavy atom. The zero-order chi connectivity index (χ0) is 15.3. The average molecular weight is 333 g/mol. The van der Waals surface area contributed by atoms with Gasteiger partial charge in [0.1, 0.15) is 0 Å². The minimum Gasteiger partial charge on any atom is -0.198 e. The van der Waals surface area contributed by atoms with Gasteiger partial charge in [0.05, 0.1) is 24.1 Å². The summed E-state index contributed by atoms with van der Waals surface area (Å²) in [5, 5.41) is 18.7. The van der Waals surface area contributed by atoms with Crippen molar-refractivity contribution < 1.29 is 0 Å². The highest BCUT2D eigenvalue weighted by Crippen LogP contribution is 2.38.